The van der Waals surface area contributed by atoms with Crippen molar-refractivity contribution in [2.75, 3.05) is 26.2 Å². The number of hydrogen-bond acceptors (Lipinski definition) is 4. The molecule has 1 aliphatic heterocycles. The third-order valence-electron chi connectivity index (χ3n) is 4.25. The molecule has 2 amide bonds. The van der Waals surface area contributed by atoms with Crippen LogP contribution < -0.4 is 11.1 Å². The molecule has 1 fully saturated rings. The molecule has 1 aromatic carbocycles. The number of nitrogens with two attached hydrogens (primary N) is 1. The Kier molecular flexibility index (Phi) is 6.93. The molecule has 1 unspecified atom stereocenters. The van der Waals surface area contributed by atoms with Gasteiger partial charge in [0.1, 0.15) is 0 Å². The van der Waals surface area contributed by atoms with Crippen LogP contribution in [0.25, 0.3) is 0 Å². The van der Waals surface area contributed by atoms with Gasteiger partial charge in [0, 0.05) is 44.6 Å². The van der Waals surface area contributed by atoms with Gasteiger partial charge in [-0.1, -0.05) is 30.3 Å². The zero-order chi connectivity index (χ0) is 17.4. The Bertz CT molecular complexity index is 574. The van der Waals surface area contributed by atoms with Crippen molar-refractivity contribution in [1.29, 1.82) is 0 Å². The molecule has 130 valence electrons. The van der Waals surface area contributed by atoms with E-state index in [1.165, 1.54) is 0 Å². The summed E-state index contributed by atoms with van der Waals surface area (Å²) >= 11 is 0. The summed E-state index contributed by atoms with van der Waals surface area (Å²) in [5.41, 5.74) is 6.01. The molecule has 2 rings (SSSR count). The molecule has 6 heteroatoms. The van der Waals surface area contributed by atoms with E-state index in [0.29, 0.717) is 31.7 Å². The summed E-state index contributed by atoms with van der Waals surface area (Å²) < 4.78 is 0. The van der Waals surface area contributed by atoms with E-state index in [4.69, 9.17) is 5.73 Å². The van der Waals surface area contributed by atoms with E-state index in [9.17, 15) is 14.4 Å². The lowest BCUT2D eigenvalue weighted by Gasteiger charge is -2.32. The molecular formula is C18H25N3O3. The number of amides is 2. The lowest BCUT2D eigenvalue weighted by molar-refractivity contribution is -0.135. The summed E-state index contributed by atoms with van der Waals surface area (Å²) in [5.74, 6) is -0.314. The fourth-order valence-electron chi connectivity index (χ4n) is 2.90. The molecule has 1 atom stereocenters. The monoisotopic (exact) mass is 331 g/mol. The van der Waals surface area contributed by atoms with Crippen LogP contribution in [0.5, 0.6) is 0 Å². The maximum atomic E-state index is 12.3. The van der Waals surface area contributed by atoms with Crippen molar-refractivity contribution in [2.24, 2.45) is 11.7 Å². The number of likely N-dealkylation sites (tertiary alicyclic amines) is 1. The first-order chi connectivity index (χ1) is 11.6. The molecule has 0 bridgehead atoms. The van der Waals surface area contributed by atoms with Crippen LogP contribution in [0.4, 0.5) is 0 Å². The second kappa shape index (κ2) is 9.17. The quantitative estimate of drug-likeness (QED) is 0.728. The van der Waals surface area contributed by atoms with Crippen LogP contribution in [-0.4, -0.2) is 48.7 Å². The van der Waals surface area contributed by atoms with E-state index in [-0.39, 0.29) is 36.4 Å². The Morgan fingerprint density at radius 1 is 1.17 bits per heavy atom. The molecule has 3 N–H and O–H groups in total. The Balaban J connectivity index is 1.81. The second-order valence-corrected chi connectivity index (χ2v) is 6.05. The van der Waals surface area contributed by atoms with Gasteiger partial charge in [-0.15, -0.1) is 0 Å². The van der Waals surface area contributed by atoms with E-state index in [2.05, 4.69) is 5.32 Å². The number of nitrogens with zero attached hydrogens (tertiary/aromatic N) is 1. The van der Waals surface area contributed by atoms with Crippen molar-refractivity contribution in [1.82, 2.24) is 10.2 Å². The Morgan fingerprint density at radius 2 is 1.92 bits per heavy atom. The van der Waals surface area contributed by atoms with Crippen LogP contribution in [0, 0.1) is 5.92 Å². The maximum absolute atomic E-state index is 12.3. The van der Waals surface area contributed by atoms with Gasteiger partial charge in [0.05, 0.1) is 5.92 Å². The molecule has 0 radical (unpaired) electrons. The summed E-state index contributed by atoms with van der Waals surface area (Å²) in [4.78, 5) is 38.1. The second-order valence-electron chi connectivity index (χ2n) is 6.05. The normalized spacial score (nSPS) is 17.4. The predicted molar refractivity (Wildman–Crippen MR) is 91.4 cm³/mol. The fraction of sp³-hybridized carbons (Fsp3) is 0.500. The molecule has 1 aliphatic rings. The van der Waals surface area contributed by atoms with Crippen LogP contribution in [0.1, 0.15) is 36.0 Å². The lowest BCUT2D eigenvalue weighted by Crippen LogP contribution is -2.46. The average Bonchev–Trinajstić information content (AvgIpc) is 2.64. The molecule has 0 aliphatic carbocycles. The number of carbonyl (C=O) groups excluding carboxylic acids is 3. The number of nitrogens with one attached hydrogen (secondary N) is 1. The third kappa shape index (κ3) is 5.16. The molecule has 1 aromatic rings. The van der Waals surface area contributed by atoms with Crippen molar-refractivity contribution in [3.8, 4) is 0 Å². The Hall–Kier alpha value is -2.21. The summed E-state index contributed by atoms with van der Waals surface area (Å²) in [6.07, 6.45) is 1.97. The smallest absolute Gasteiger partial charge is 0.224 e. The van der Waals surface area contributed by atoms with E-state index < -0.39 is 0 Å². The first-order valence-corrected chi connectivity index (χ1v) is 8.45. The number of rotatable bonds is 7. The summed E-state index contributed by atoms with van der Waals surface area (Å²) in [6.45, 7) is 1.94. The summed E-state index contributed by atoms with van der Waals surface area (Å²) in [6, 6.07) is 8.98. The highest BCUT2D eigenvalue weighted by Gasteiger charge is 2.28. The van der Waals surface area contributed by atoms with Crippen LogP contribution in [0.2, 0.25) is 0 Å². The van der Waals surface area contributed by atoms with Gasteiger partial charge in [-0.3, -0.25) is 14.4 Å². The number of Topliss-reactive ketones (excluding diaryl/α,β-unsaturated/α-hetero) is 1. The Morgan fingerprint density at radius 3 is 2.62 bits per heavy atom. The molecule has 1 saturated heterocycles. The molecule has 1 heterocycles. The highest BCUT2D eigenvalue weighted by Crippen LogP contribution is 2.18. The van der Waals surface area contributed by atoms with Crippen molar-refractivity contribution in [3.05, 3.63) is 35.9 Å². The largest absolute Gasteiger partial charge is 0.355 e. The van der Waals surface area contributed by atoms with Gasteiger partial charge in [0.2, 0.25) is 11.8 Å². The predicted octanol–water partition coefficient (Wildman–Crippen LogP) is 0.963. The molecule has 0 spiro atoms. The number of ketones is 1. The topological polar surface area (TPSA) is 92.5 Å². The first kappa shape index (κ1) is 18.1. The Labute approximate surface area is 142 Å². The molecule has 6 nitrogen and oxygen atoms in total. The number of carbonyl (C=O) groups is 3. The van der Waals surface area contributed by atoms with Crippen LogP contribution >= 0.6 is 0 Å². The highest BCUT2D eigenvalue weighted by atomic mass is 16.2. The molecule has 24 heavy (non-hydrogen) atoms. The minimum absolute atomic E-state index is 0.0294. The van der Waals surface area contributed by atoms with Crippen LogP contribution in [0.3, 0.4) is 0 Å². The zero-order valence-corrected chi connectivity index (χ0v) is 13.9. The first-order valence-electron chi connectivity index (χ1n) is 8.45. The summed E-state index contributed by atoms with van der Waals surface area (Å²) in [5, 5.41) is 2.78. The van der Waals surface area contributed by atoms with Gasteiger partial charge in [0.25, 0.3) is 0 Å². The maximum Gasteiger partial charge on any atom is 0.224 e. The molecular weight excluding hydrogens is 306 g/mol. The van der Waals surface area contributed by atoms with E-state index in [0.717, 1.165) is 12.8 Å². The summed E-state index contributed by atoms with van der Waals surface area (Å²) in [7, 11) is 0. The van der Waals surface area contributed by atoms with Gasteiger partial charge in [0.15, 0.2) is 5.78 Å². The van der Waals surface area contributed by atoms with Gasteiger partial charge >= 0.3 is 0 Å². The van der Waals surface area contributed by atoms with Crippen molar-refractivity contribution >= 4 is 17.6 Å². The minimum Gasteiger partial charge on any atom is -0.355 e. The minimum atomic E-state index is -0.181. The average molecular weight is 331 g/mol. The molecule has 0 aromatic heterocycles. The fourth-order valence-corrected chi connectivity index (χ4v) is 2.90. The van der Waals surface area contributed by atoms with Crippen molar-refractivity contribution < 1.29 is 14.4 Å². The van der Waals surface area contributed by atoms with E-state index >= 15 is 0 Å². The zero-order valence-electron chi connectivity index (χ0n) is 13.9. The third-order valence-corrected chi connectivity index (χ3v) is 4.25. The van der Waals surface area contributed by atoms with Gasteiger partial charge in [-0.05, 0) is 12.8 Å². The van der Waals surface area contributed by atoms with Crippen LogP contribution in [0.15, 0.2) is 30.3 Å². The van der Waals surface area contributed by atoms with E-state index in [1.54, 1.807) is 17.0 Å². The van der Waals surface area contributed by atoms with Gasteiger partial charge in [-0.2, -0.15) is 0 Å². The van der Waals surface area contributed by atoms with Crippen molar-refractivity contribution in [2.45, 2.75) is 25.7 Å². The molecule has 0 saturated carbocycles. The number of hydrogen-bond donors (Lipinski definition) is 2. The van der Waals surface area contributed by atoms with Gasteiger partial charge in [-0.25, -0.2) is 0 Å². The number of benzene rings is 1. The van der Waals surface area contributed by atoms with Crippen molar-refractivity contribution in [3.63, 3.8) is 0 Å². The SMILES string of the molecule is NCCNC(=O)C1CCCN(C(=O)CCC(=O)c2ccccc2)C1. The van der Waals surface area contributed by atoms with E-state index in [1.807, 2.05) is 18.2 Å². The highest BCUT2D eigenvalue weighted by molar-refractivity contribution is 5.97. The van der Waals surface area contributed by atoms with Crippen LogP contribution in [-0.2, 0) is 9.59 Å². The lowest BCUT2D eigenvalue weighted by atomic mass is 9.96. The standard InChI is InChI=1S/C18H25N3O3/c19-10-11-20-18(24)15-7-4-12-21(13-15)17(23)9-8-16(22)14-5-2-1-3-6-14/h1-3,5-6,15H,4,7-13,19H2,(H,20,24). The van der Waals surface area contributed by atoms with Gasteiger partial charge < -0.3 is 16.0 Å². The number of piperidine rings is 1.